The van der Waals surface area contributed by atoms with Crippen LogP contribution in [0.25, 0.3) is 0 Å². The van der Waals surface area contributed by atoms with Gasteiger partial charge in [0.15, 0.2) is 0 Å². The molecule has 1 aromatic rings. The topological polar surface area (TPSA) is 62.2 Å². The van der Waals surface area contributed by atoms with E-state index in [1.165, 1.54) is 12.3 Å². The number of aliphatic hydroxyl groups excluding tert-OH is 1. The van der Waals surface area contributed by atoms with E-state index in [9.17, 15) is 9.90 Å². The van der Waals surface area contributed by atoms with Gasteiger partial charge in [-0.2, -0.15) is 0 Å². The third kappa shape index (κ3) is 3.41. The van der Waals surface area contributed by atoms with E-state index in [2.05, 4.69) is 10.3 Å². The maximum absolute atomic E-state index is 11.9. The Kier molecular flexibility index (Phi) is 3.97. The van der Waals surface area contributed by atoms with Crippen LogP contribution in [-0.4, -0.2) is 28.1 Å². The lowest BCUT2D eigenvalue weighted by molar-refractivity contribution is 0.0849. The van der Waals surface area contributed by atoms with Crippen LogP contribution in [0.15, 0.2) is 18.3 Å². The number of carbonyl (C=O) groups is 1. The molecule has 1 aromatic heterocycles. The summed E-state index contributed by atoms with van der Waals surface area (Å²) in [5.74, 6) is -0.159. The van der Waals surface area contributed by atoms with Crippen molar-refractivity contribution in [2.45, 2.75) is 37.8 Å². The number of aliphatic hydroxyl groups is 1. The van der Waals surface area contributed by atoms with Gasteiger partial charge in [0.2, 0.25) is 0 Å². The van der Waals surface area contributed by atoms with Crippen LogP contribution in [0.3, 0.4) is 0 Å². The average Bonchev–Trinajstić information content (AvgIpc) is 2.29. The van der Waals surface area contributed by atoms with Crippen molar-refractivity contribution in [2.75, 3.05) is 0 Å². The molecule has 92 valence electrons. The molecule has 2 N–H and O–H groups in total. The van der Waals surface area contributed by atoms with E-state index in [-0.39, 0.29) is 18.1 Å². The van der Waals surface area contributed by atoms with E-state index in [0.29, 0.717) is 17.1 Å². The molecule has 1 heterocycles. The van der Waals surface area contributed by atoms with Gasteiger partial charge in [-0.25, -0.2) is 4.98 Å². The minimum Gasteiger partial charge on any atom is -0.393 e. The molecule has 17 heavy (non-hydrogen) atoms. The van der Waals surface area contributed by atoms with Gasteiger partial charge in [-0.3, -0.25) is 4.79 Å². The zero-order valence-corrected chi connectivity index (χ0v) is 10.2. The molecule has 0 radical (unpaired) electrons. The van der Waals surface area contributed by atoms with E-state index in [1.54, 1.807) is 6.07 Å². The fourth-order valence-electron chi connectivity index (χ4n) is 2.11. The second-order valence-corrected chi connectivity index (χ2v) is 4.75. The molecule has 1 aliphatic rings. The Bertz CT molecular complexity index is 411. The normalized spacial score (nSPS) is 24.4. The molecule has 1 fully saturated rings. The van der Waals surface area contributed by atoms with Crippen LogP contribution >= 0.6 is 11.6 Å². The first kappa shape index (κ1) is 12.3. The monoisotopic (exact) mass is 254 g/mol. The number of nitrogens with one attached hydrogen (secondary N) is 1. The van der Waals surface area contributed by atoms with Crippen LogP contribution < -0.4 is 5.32 Å². The zero-order chi connectivity index (χ0) is 12.3. The van der Waals surface area contributed by atoms with E-state index >= 15 is 0 Å². The molecular weight excluding hydrogens is 240 g/mol. The Morgan fingerprint density at radius 1 is 1.53 bits per heavy atom. The van der Waals surface area contributed by atoms with Crippen molar-refractivity contribution >= 4 is 17.5 Å². The van der Waals surface area contributed by atoms with Crippen LogP contribution in [0.4, 0.5) is 0 Å². The van der Waals surface area contributed by atoms with Gasteiger partial charge < -0.3 is 10.4 Å². The minimum absolute atomic E-state index is 0.0539. The molecule has 0 aromatic carbocycles. The lowest BCUT2D eigenvalue weighted by atomic mass is 9.93. The smallest absolute Gasteiger partial charge is 0.251 e. The Balaban J connectivity index is 1.97. The molecule has 5 heteroatoms. The third-order valence-electron chi connectivity index (χ3n) is 2.97. The largest absolute Gasteiger partial charge is 0.393 e. The molecule has 1 aliphatic carbocycles. The summed E-state index contributed by atoms with van der Waals surface area (Å²) in [5, 5.41) is 12.7. The van der Waals surface area contributed by atoms with E-state index < -0.39 is 0 Å². The Morgan fingerprint density at radius 2 is 2.35 bits per heavy atom. The number of hydrogen-bond acceptors (Lipinski definition) is 3. The molecule has 1 saturated carbocycles. The minimum atomic E-state index is -0.296. The number of pyridine rings is 1. The van der Waals surface area contributed by atoms with Gasteiger partial charge in [0.1, 0.15) is 5.15 Å². The predicted molar refractivity (Wildman–Crippen MR) is 65.0 cm³/mol. The summed E-state index contributed by atoms with van der Waals surface area (Å²) in [6, 6.07) is 3.22. The van der Waals surface area contributed by atoms with Crippen molar-refractivity contribution in [2.24, 2.45) is 0 Å². The summed E-state index contributed by atoms with van der Waals surface area (Å²) < 4.78 is 0. The lowest BCUT2D eigenvalue weighted by Gasteiger charge is -2.26. The number of amides is 1. The van der Waals surface area contributed by atoms with E-state index in [1.807, 2.05) is 0 Å². The van der Waals surface area contributed by atoms with Crippen molar-refractivity contribution in [3.8, 4) is 0 Å². The second kappa shape index (κ2) is 5.47. The van der Waals surface area contributed by atoms with Crippen LogP contribution in [-0.2, 0) is 0 Å². The summed E-state index contributed by atoms with van der Waals surface area (Å²) in [6.45, 7) is 0. The fraction of sp³-hybridized carbons (Fsp3) is 0.500. The first-order valence-corrected chi connectivity index (χ1v) is 6.13. The molecule has 1 amide bonds. The molecule has 0 bridgehead atoms. The molecule has 2 unspecified atom stereocenters. The number of hydrogen-bond donors (Lipinski definition) is 2. The number of nitrogens with zero attached hydrogens (tertiary/aromatic N) is 1. The Hall–Kier alpha value is -1.13. The first-order chi connectivity index (χ1) is 8.15. The van der Waals surface area contributed by atoms with Crippen LogP contribution in [0.2, 0.25) is 5.15 Å². The summed E-state index contributed by atoms with van der Waals surface area (Å²) >= 11 is 5.72. The van der Waals surface area contributed by atoms with Crippen molar-refractivity contribution in [1.29, 1.82) is 0 Å². The Labute approximate surface area is 105 Å². The molecular formula is C12H15ClN2O2. The molecule has 4 nitrogen and oxygen atoms in total. The number of aromatic nitrogens is 1. The molecule has 0 aliphatic heterocycles. The maximum Gasteiger partial charge on any atom is 0.251 e. The van der Waals surface area contributed by atoms with Crippen LogP contribution in [0.1, 0.15) is 36.0 Å². The predicted octanol–water partition coefficient (Wildman–Crippen LogP) is 1.77. The van der Waals surface area contributed by atoms with Gasteiger partial charge in [0.25, 0.3) is 5.91 Å². The summed E-state index contributed by atoms with van der Waals surface area (Å²) in [4.78, 5) is 15.7. The third-order valence-corrected chi connectivity index (χ3v) is 3.18. The SMILES string of the molecule is O=C(NC1CCCC(O)C1)c1ccnc(Cl)c1. The van der Waals surface area contributed by atoms with Gasteiger partial charge in [0.05, 0.1) is 6.10 Å². The summed E-state index contributed by atoms with van der Waals surface area (Å²) in [7, 11) is 0. The zero-order valence-electron chi connectivity index (χ0n) is 9.40. The number of rotatable bonds is 2. The lowest BCUT2D eigenvalue weighted by Crippen LogP contribution is -2.39. The second-order valence-electron chi connectivity index (χ2n) is 4.36. The molecule has 2 rings (SSSR count). The van der Waals surface area contributed by atoms with Crippen LogP contribution in [0.5, 0.6) is 0 Å². The van der Waals surface area contributed by atoms with Crippen LogP contribution in [0, 0.1) is 0 Å². The summed E-state index contributed by atoms with van der Waals surface area (Å²) in [5.41, 5.74) is 0.505. The Morgan fingerprint density at radius 3 is 3.06 bits per heavy atom. The average molecular weight is 255 g/mol. The highest BCUT2D eigenvalue weighted by atomic mass is 35.5. The van der Waals surface area contributed by atoms with Crippen molar-refractivity contribution in [3.05, 3.63) is 29.0 Å². The van der Waals surface area contributed by atoms with E-state index in [4.69, 9.17) is 11.6 Å². The maximum atomic E-state index is 11.9. The van der Waals surface area contributed by atoms with Gasteiger partial charge in [0, 0.05) is 17.8 Å². The molecule has 0 saturated heterocycles. The fourth-order valence-corrected chi connectivity index (χ4v) is 2.28. The van der Waals surface area contributed by atoms with Gasteiger partial charge in [-0.1, -0.05) is 11.6 Å². The van der Waals surface area contributed by atoms with Crippen molar-refractivity contribution in [3.63, 3.8) is 0 Å². The van der Waals surface area contributed by atoms with Gasteiger partial charge in [-0.15, -0.1) is 0 Å². The van der Waals surface area contributed by atoms with Gasteiger partial charge in [-0.05, 0) is 37.8 Å². The number of halogens is 1. The molecule has 2 atom stereocenters. The van der Waals surface area contributed by atoms with Crippen molar-refractivity contribution in [1.82, 2.24) is 10.3 Å². The van der Waals surface area contributed by atoms with Gasteiger partial charge >= 0.3 is 0 Å². The summed E-state index contributed by atoms with van der Waals surface area (Å²) in [6.07, 6.45) is 4.53. The standard InChI is InChI=1S/C12H15ClN2O2/c13-11-6-8(4-5-14-11)12(17)15-9-2-1-3-10(16)7-9/h4-6,9-10,16H,1-3,7H2,(H,15,17). The highest BCUT2D eigenvalue weighted by Gasteiger charge is 2.22. The highest BCUT2D eigenvalue weighted by molar-refractivity contribution is 6.29. The number of carbonyl (C=O) groups excluding carboxylic acids is 1. The first-order valence-electron chi connectivity index (χ1n) is 5.75. The van der Waals surface area contributed by atoms with Crippen molar-refractivity contribution < 1.29 is 9.90 Å². The van der Waals surface area contributed by atoms with E-state index in [0.717, 1.165) is 19.3 Å². The quantitative estimate of drug-likeness (QED) is 0.791. The highest BCUT2D eigenvalue weighted by Crippen LogP contribution is 2.18. The molecule has 0 spiro atoms.